The topological polar surface area (TPSA) is 74.7 Å². The number of nitrogens with zero attached hydrogens (tertiary/aromatic N) is 1. The monoisotopic (exact) mass is 271 g/mol. The lowest BCUT2D eigenvalue weighted by molar-refractivity contribution is -0.140. The van der Waals surface area contributed by atoms with Crippen LogP contribution in [-0.4, -0.2) is 41.0 Å². The van der Waals surface area contributed by atoms with E-state index in [1.807, 2.05) is 0 Å². The second-order valence-corrected chi connectivity index (χ2v) is 6.05. The molecule has 0 spiro atoms. The summed E-state index contributed by atoms with van der Waals surface area (Å²) in [5.41, 5.74) is 0. The predicted molar refractivity (Wildman–Crippen MR) is 50.1 cm³/mol. The lowest BCUT2D eigenvalue weighted by Crippen LogP contribution is -2.40. The summed E-state index contributed by atoms with van der Waals surface area (Å²) in [6, 6.07) is -0.873. The number of sulfonamides is 1. The minimum absolute atomic E-state index is 0.218. The number of halogens is 1. The van der Waals surface area contributed by atoms with Crippen molar-refractivity contribution in [3.63, 3.8) is 0 Å². The van der Waals surface area contributed by atoms with Crippen LogP contribution in [0.1, 0.15) is 12.8 Å². The van der Waals surface area contributed by atoms with Gasteiger partial charge in [-0.05, 0) is 12.8 Å². The van der Waals surface area contributed by atoms with Crippen LogP contribution in [-0.2, 0) is 14.8 Å². The van der Waals surface area contributed by atoms with E-state index < -0.39 is 22.0 Å². The molecule has 5 nitrogen and oxygen atoms in total. The van der Waals surface area contributed by atoms with Gasteiger partial charge in [0.2, 0.25) is 10.0 Å². The van der Waals surface area contributed by atoms with Crippen LogP contribution in [0.5, 0.6) is 0 Å². The maximum Gasteiger partial charge on any atom is 0.322 e. The number of aliphatic carboxylic acids is 1. The molecule has 7 heteroatoms. The van der Waals surface area contributed by atoms with E-state index in [9.17, 15) is 13.2 Å². The Morgan fingerprint density at radius 3 is 2.69 bits per heavy atom. The summed E-state index contributed by atoms with van der Waals surface area (Å²) in [5.74, 6) is -1.07. The van der Waals surface area contributed by atoms with Gasteiger partial charge in [-0.15, -0.1) is 0 Å². The fourth-order valence-corrected chi connectivity index (χ4v) is 3.29. The fourth-order valence-electron chi connectivity index (χ4n) is 1.38. The van der Waals surface area contributed by atoms with Crippen molar-refractivity contribution in [2.45, 2.75) is 18.9 Å². The van der Waals surface area contributed by atoms with Gasteiger partial charge in [0.15, 0.2) is 0 Å². The molecule has 13 heavy (non-hydrogen) atoms. The molecular weight excluding hydrogens is 262 g/mol. The van der Waals surface area contributed by atoms with E-state index in [2.05, 4.69) is 15.9 Å². The van der Waals surface area contributed by atoms with Gasteiger partial charge < -0.3 is 5.11 Å². The average Bonchev–Trinajstić information content (AvgIpc) is 2.52. The SMILES string of the molecule is O=C(O)C1CCCN1S(=O)(=O)CBr. The van der Waals surface area contributed by atoms with E-state index in [0.717, 1.165) is 4.31 Å². The molecular formula is C6H10BrNO4S. The van der Waals surface area contributed by atoms with Crippen LogP contribution in [0.3, 0.4) is 0 Å². The van der Waals surface area contributed by atoms with E-state index in [0.29, 0.717) is 19.4 Å². The van der Waals surface area contributed by atoms with Crippen LogP contribution in [0.15, 0.2) is 0 Å². The zero-order valence-electron chi connectivity index (χ0n) is 6.81. The van der Waals surface area contributed by atoms with Crippen LogP contribution >= 0.6 is 15.9 Å². The predicted octanol–water partition coefficient (Wildman–Crippen LogP) is 0.218. The molecule has 1 unspecified atom stereocenters. The van der Waals surface area contributed by atoms with Crippen molar-refractivity contribution in [3.05, 3.63) is 0 Å². The summed E-state index contributed by atoms with van der Waals surface area (Å²) in [4.78, 5) is 10.7. The molecule has 1 rings (SSSR count). The number of carbonyl (C=O) groups is 1. The van der Waals surface area contributed by atoms with Crippen LogP contribution < -0.4 is 0 Å². The first-order valence-corrected chi connectivity index (χ1v) is 6.50. The summed E-state index contributed by atoms with van der Waals surface area (Å²) in [6.45, 7) is 0.310. The first kappa shape index (κ1) is 10.9. The van der Waals surface area contributed by atoms with Gasteiger partial charge >= 0.3 is 5.97 Å². The molecule has 1 saturated heterocycles. The Hall–Kier alpha value is -0.140. The summed E-state index contributed by atoms with van der Waals surface area (Å²) < 4.78 is 23.5. The molecule has 0 aromatic carbocycles. The zero-order valence-corrected chi connectivity index (χ0v) is 9.21. The molecule has 1 N–H and O–H groups in total. The quantitative estimate of drug-likeness (QED) is 0.746. The Labute approximate surface area is 84.9 Å². The molecule has 0 aromatic heterocycles. The van der Waals surface area contributed by atoms with Gasteiger partial charge in [0, 0.05) is 6.54 Å². The van der Waals surface area contributed by atoms with Crippen molar-refractivity contribution >= 4 is 31.9 Å². The third-order valence-corrected chi connectivity index (χ3v) is 5.15. The minimum atomic E-state index is -3.42. The van der Waals surface area contributed by atoms with Crippen LogP contribution in [0.25, 0.3) is 0 Å². The maximum atomic E-state index is 11.3. The Balaban J connectivity index is 2.86. The number of carboxylic acids is 1. The molecule has 1 heterocycles. The van der Waals surface area contributed by atoms with Gasteiger partial charge in [0.05, 0.1) is 0 Å². The molecule has 0 amide bonds. The number of hydrogen-bond acceptors (Lipinski definition) is 3. The van der Waals surface area contributed by atoms with Gasteiger partial charge in [0.1, 0.15) is 10.7 Å². The fraction of sp³-hybridized carbons (Fsp3) is 0.833. The van der Waals surface area contributed by atoms with Crippen molar-refractivity contribution in [3.8, 4) is 0 Å². The van der Waals surface area contributed by atoms with Crippen molar-refractivity contribution in [2.75, 3.05) is 11.2 Å². The Morgan fingerprint density at radius 1 is 1.62 bits per heavy atom. The van der Waals surface area contributed by atoms with E-state index >= 15 is 0 Å². The maximum absolute atomic E-state index is 11.3. The normalized spacial score (nSPS) is 24.8. The highest BCUT2D eigenvalue weighted by Crippen LogP contribution is 2.22. The van der Waals surface area contributed by atoms with Gasteiger partial charge in [-0.3, -0.25) is 4.79 Å². The molecule has 0 saturated carbocycles. The molecule has 1 fully saturated rings. The molecule has 76 valence electrons. The van der Waals surface area contributed by atoms with Gasteiger partial charge in [0.25, 0.3) is 0 Å². The summed E-state index contributed by atoms with van der Waals surface area (Å²) in [5, 5.41) is 8.72. The smallest absolute Gasteiger partial charge is 0.322 e. The van der Waals surface area contributed by atoms with Crippen molar-refractivity contribution in [1.82, 2.24) is 4.31 Å². The highest BCUT2D eigenvalue weighted by Gasteiger charge is 2.37. The second-order valence-electron chi connectivity index (χ2n) is 2.83. The van der Waals surface area contributed by atoms with E-state index in [-0.39, 0.29) is 4.66 Å². The minimum Gasteiger partial charge on any atom is -0.480 e. The third-order valence-electron chi connectivity index (χ3n) is 1.98. The lowest BCUT2D eigenvalue weighted by atomic mass is 10.2. The highest BCUT2D eigenvalue weighted by molar-refractivity contribution is 9.10. The van der Waals surface area contributed by atoms with E-state index in [1.165, 1.54) is 0 Å². The standard InChI is InChI=1S/C6H10BrNO4S/c7-4-13(11,12)8-3-1-2-5(8)6(9)10/h5H,1-4H2,(H,9,10). The van der Waals surface area contributed by atoms with Crippen LogP contribution in [0, 0.1) is 0 Å². The zero-order chi connectivity index (χ0) is 10.1. The van der Waals surface area contributed by atoms with Gasteiger partial charge in [-0.25, -0.2) is 8.42 Å². The number of rotatable bonds is 3. The van der Waals surface area contributed by atoms with Gasteiger partial charge in [-0.1, -0.05) is 15.9 Å². The summed E-state index contributed by atoms with van der Waals surface area (Å²) in [6.07, 6.45) is 1.02. The molecule has 0 aliphatic carbocycles. The van der Waals surface area contributed by atoms with Crippen molar-refractivity contribution in [2.24, 2.45) is 0 Å². The molecule has 0 bridgehead atoms. The van der Waals surface area contributed by atoms with E-state index in [4.69, 9.17) is 5.11 Å². The molecule has 0 aromatic rings. The van der Waals surface area contributed by atoms with E-state index in [1.54, 1.807) is 0 Å². The first-order chi connectivity index (χ1) is 5.99. The third kappa shape index (κ3) is 2.21. The molecule has 1 atom stereocenters. The molecule has 0 radical (unpaired) electrons. The van der Waals surface area contributed by atoms with Crippen LogP contribution in [0.2, 0.25) is 0 Å². The summed E-state index contributed by atoms with van der Waals surface area (Å²) >= 11 is 2.83. The lowest BCUT2D eigenvalue weighted by Gasteiger charge is -2.19. The van der Waals surface area contributed by atoms with Crippen LogP contribution in [0.4, 0.5) is 0 Å². The Kier molecular flexibility index (Phi) is 3.31. The molecule has 1 aliphatic heterocycles. The van der Waals surface area contributed by atoms with Crippen molar-refractivity contribution < 1.29 is 18.3 Å². The Bertz CT molecular complexity index is 302. The molecule has 1 aliphatic rings. The summed E-state index contributed by atoms with van der Waals surface area (Å²) in [7, 11) is -3.42. The average molecular weight is 272 g/mol. The van der Waals surface area contributed by atoms with Crippen molar-refractivity contribution in [1.29, 1.82) is 0 Å². The highest BCUT2D eigenvalue weighted by atomic mass is 79.9. The number of carboxylic acid groups (broad SMARTS) is 1. The largest absolute Gasteiger partial charge is 0.480 e. The van der Waals surface area contributed by atoms with Gasteiger partial charge in [-0.2, -0.15) is 4.31 Å². The Morgan fingerprint density at radius 2 is 2.23 bits per heavy atom. The first-order valence-electron chi connectivity index (χ1n) is 3.77. The number of alkyl halides is 1. The second kappa shape index (κ2) is 3.93. The number of hydrogen-bond donors (Lipinski definition) is 1.